The van der Waals surface area contributed by atoms with Gasteiger partial charge in [0.15, 0.2) is 12.2 Å². The van der Waals surface area contributed by atoms with Crippen LogP contribution < -0.4 is 0 Å². The standard InChI is InChI=1S/C77H134O17P2/c1-5-9-13-17-21-25-29-32-33-34-35-36-37-40-43-46-50-54-58-62-75(80)88-68-73(94-77(82)64-60-56-52-48-44-39-31-27-23-19-15-11-7-3)70-92-96(85,86)90-66-71(78)65-89-95(83,84)91-69-72(93-76(81)63-59-55-51-47-41-28-24-20-16-12-8-4)67-87-74(79)61-57-53-49-45-42-38-30-26-22-18-14-10-6-2/h9,13,20-21,24-27,30-33,35-36,40,43,71-73,78H,5-8,10-12,14-19,22-23,28-29,34,37-39,41-42,44-70H2,1-4H3,(H,83,84)(H,85,86)/b13-9-,24-20-,25-21-,30-26-,31-27-,33-32-,36-35-,43-40-. The van der Waals surface area contributed by atoms with Crippen LogP contribution in [0.15, 0.2) is 97.2 Å². The molecule has 0 aromatic rings. The lowest BCUT2D eigenvalue weighted by molar-refractivity contribution is -0.161. The molecule has 5 atom stereocenters. The van der Waals surface area contributed by atoms with Crippen LogP contribution in [0.3, 0.4) is 0 Å². The number of phosphoric ester groups is 2. The summed E-state index contributed by atoms with van der Waals surface area (Å²) in [5.74, 6) is -2.23. The van der Waals surface area contributed by atoms with E-state index in [9.17, 15) is 43.2 Å². The molecule has 0 aliphatic rings. The molecule has 0 aromatic heterocycles. The van der Waals surface area contributed by atoms with E-state index in [1.807, 2.05) is 0 Å². The summed E-state index contributed by atoms with van der Waals surface area (Å²) in [6, 6.07) is 0. The minimum Gasteiger partial charge on any atom is -0.462 e. The monoisotopic (exact) mass is 1390 g/mol. The van der Waals surface area contributed by atoms with E-state index in [2.05, 4.69) is 125 Å². The van der Waals surface area contributed by atoms with Gasteiger partial charge in [0.1, 0.15) is 19.3 Å². The number of aliphatic hydroxyl groups is 1. The Morgan fingerprint density at radius 2 is 0.552 bits per heavy atom. The second-order valence-corrected chi connectivity index (χ2v) is 27.8. The topological polar surface area (TPSA) is 237 Å². The van der Waals surface area contributed by atoms with Gasteiger partial charge in [-0.05, 0) is 141 Å². The SMILES string of the molecule is CC/C=C\C/C=C\C/C=C\C/C=C\C/C=C\CCCCCC(=O)OCC(COP(=O)(O)OCC(O)COP(=O)(O)OCC(COC(=O)CCCCCCC/C=C\CCCCCC)OC(=O)CCCCCCC/C=C\CCCC)OC(=O)CCCCCCC/C=C\CCCCCC. The number of hydrogen-bond donors (Lipinski definition) is 3. The normalized spacial score (nSPS) is 14.5. The maximum Gasteiger partial charge on any atom is 0.472 e. The molecular weight excluding hydrogens is 1260 g/mol. The lowest BCUT2D eigenvalue weighted by atomic mass is 10.1. The maximum absolute atomic E-state index is 13.1. The lowest BCUT2D eigenvalue weighted by Crippen LogP contribution is -2.30. The zero-order valence-electron chi connectivity index (χ0n) is 60.3. The van der Waals surface area contributed by atoms with Crippen molar-refractivity contribution >= 4 is 39.5 Å². The third-order valence-corrected chi connectivity index (χ3v) is 17.4. The van der Waals surface area contributed by atoms with Gasteiger partial charge in [0.25, 0.3) is 0 Å². The van der Waals surface area contributed by atoms with Gasteiger partial charge in [0.05, 0.1) is 26.4 Å². The van der Waals surface area contributed by atoms with Crippen LogP contribution in [-0.2, 0) is 65.4 Å². The Kier molecular flexibility index (Phi) is 66.6. The van der Waals surface area contributed by atoms with Gasteiger partial charge in [-0.25, -0.2) is 9.13 Å². The van der Waals surface area contributed by atoms with Crippen LogP contribution >= 0.6 is 15.6 Å². The van der Waals surface area contributed by atoms with Crippen LogP contribution in [0.5, 0.6) is 0 Å². The Morgan fingerprint density at radius 1 is 0.302 bits per heavy atom. The largest absolute Gasteiger partial charge is 0.472 e. The second-order valence-electron chi connectivity index (χ2n) is 24.8. The molecule has 0 saturated heterocycles. The highest BCUT2D eigenvalue weighted by molar-refractivity contribution is 7.47. The Hall–Kier alpha value is -4.02. The number of hydrogen-bond acceptors (Lipinski definition) is 15. The summed E-state index contributed by atoms with van der Waals surface area (Å²) in [6.07, 6.45) is 71.2. The van der Waals surface area contributed by atoms with Gasteiger partial charge in [-0.2, -0.15) is 0 Å². The molecule has 0 amide bonds. The number of phosphoric acid groups is 2. The molecule has 0 rings (SSSR count). The zero-order valence-corrected chi connectivity index (χ0v) is 62.1. The van der Waals surface area contributed by atoms with Crippen LogP contribution in [-0.4, -0.2) is 96.7 Å². The van der Waals surface area contributed by atoms with E-state index >= 15 is 0 Å². The van der Waals surface area contributed by atoms with Crippen molar-refractivity contribution in [3.05, 3.63) is 97.2 Å². The number of allylic oxidation sites excluding steroid dienone is 16. The fourth-order valence-electron chi connectivity index (χ4n) is 9.75. The highest BCUT2D eigenvalue weighted by Gasteiger charge is 2.30. The van der Waals surface area contributed by atoms with E-state index in [4.69, 9.17) is 37.0 Å². The van der Waals surface area contributed by atoms with Crippen LogP contribution in [0.1, 0.15) is 310 Å². The number of esters is 4. The average Bonchev–Trinajstić information content (AvgIpc) is 1.17. The second kappa shape index (κ2) is 69.5. The molecular formula is C77H134O17P2. The molecule has 17 nitrogen and oxygen atoms in total. The summed E-state index contributed by atoms with van der Waals surface area (Å²) in [4.78, 5) is 72.7. The van der Waals surface area contributed by atoms with Gasteiger partial charge in [-0.1, -0.05) is 240 Å². The average molecular weight is 1390 g/mol. The molecule has 554 valence electrons. The molecule has 0 aromatic carbocycles. The third-order valence-electron chi connectivity index (χ3n) is 15.5. The quantitative estimate of drug-likeness (QED) is 0.0169. The van der Waals surface area contributed by atoms with Crippen molar-refractivity contribution in [1.82, 2.24) is 0 Å². The van der Waals surface area contributed by atoms with Crippen LogP contribution in [0, 0.1) is 0 Å². The van der Waals surface area contributed by atoms with Gasteiger partial charge >= 0.3 is 39.5 Å². The van der Waals surface area contributed by atoms with Crippen LogP contribution in [0.4, 0.5) is 0 Å². The molecule has 0 aliphatic carbocycles. The molecule has 19 heteroatoms. The summed E-state index contributed by atoms with van der Waals surface area (Å²) in [6.45, 7) is 4.63. The van der Waals surface area contributed by atoms with Crippen LogP contribution in [0.2, 0.25) is 0 Å². The first-order chi connectivity index (χ1) is 46.7. The molecule has 0 spiro atoms. The number of aliphatic hydroxyl groups excluding tert-OH is 1. The minimum atomic E-state index is -4.98. The van der Waals surface area contributed by atoms with Crippen molar-refractivity contribution in [1.29, 1.82) is 0 Å². The Morgan fingerprint density at radius 3 is 0.885 bits per heavy atom. The number of carbonyl (C=O) groups is 4. The van der Waals surface area contributed by atoms with Gasteiger partial charge in [0.2, 0.25) is 0 Å². The van der Waals surface area contributed by atoms with E-state index in [0.717, 1.165) is 167 Å². The molecule has 0 aliphatic heterocycles. The molecule has 0 saturated carbocycles. The first-order valence-electron chi connectivity index (χ1n) is 37.5. The maximum atomic E-state index is 13.1. The van der Waals surface area contributed by atoms with E-state index in [0.29, 0.717) is 25.7 Å². The summed E-state index contributed by atoms with van der Waals surface area (Å²) in [5.41, 5.74) is 0. The molecule has 0 radical (unpaired) electrons. The highest BCUT2D eigenvalue weighted by atomic mass is 31.2. The van der Waals surface area contributed by atoms with E-state index < -0.39 is 97.5 Å². The fourth-order valence-corrected chi connectivity index (χ4v) is 11.3. The fraction of sp³-hybridized carbons (Fsp3) is 0.740. The Labute approximate surface area is 582 Å². The Balaban J connectivity index is 5.34. The smallest absolute Gasteiger partial charge is 0.462 e. The van der Waals surface area contributed by atoms with Gasteiger partial charge in [-0.15, -0.1) is 0 Å². The summed E-state index contributed by atoms with van der Waals surface area (Å²) >= 11 is 0. The van der Waals surface area contributed by atoms with Crippen molar-refractivity contribution in [2.24, 2.45) is 0 Å². The minimum absolute atomic E-state index is 0.0768. The summed E-state index contributed by atoms with van der Waals surface area (Å²) in [7, 11) is -9.95. The Bertz CT molecular complexity index is 2200. The molecule has 5 unspecified atom stereocenters. The van der Waals surface area contributed by atoms with E-state index in [1.165, 1.54) is 64.2 Å². The van der Waals surface area contributed by atoms with E-state index in [-0.39, 0.29) is 25.7 Å². The molecule has 96 heavy (non-hydrogen) atoms. The van der Waals surface area contributed by atoms with Crippen LogP contribution in [0.25, 0.3) is 0 Å². The predicted octanol–water partition coefficient (Wildman–Crippen LogP) is 21.2. The van der Waals surface area contributed by atoms with Gasteiger partial charge in [0, 0.05) is 25.7 Å². The van der Waals surface area contributed by atoms with Crippen molar-refractivity contribution in [3.8, 4) is 0 Å². The lowest BCUT2D eigenvalue weighted by Gasteiger charge is -2.21. The first kappa shape index (κ1) is 92.0. The number of carbonyl (C=O) groups excluding carboxylic acids is 4. The van der Waals surface area contributed by atoms with Gasteiger partial charge < -0.3 is 33.8 Å². The van der Waals surface area contributed by atoms with Gasteiger partial charge in [-0.3, -0.25) is 37.3 Å². The number of ether oxygens (including phenoxy) is 4. The first-order valence-corrected chi connectivity index (χ1v) is 40.5. The molecule has 0 heterocycles. The zero-order chi connectivity index (χ0) is 70.4. The van der Waals surface area contributed by atoms with Crippen molar-refractivity contribution < 1.29 is 80.2 Å². The van der Waals surface area contributed by atoms with Crippen molar-refractivity contribution in [2.45, 2.75) is 329 Å². The van der Waals surface area contributed by atoms with E-state index in [1.54, 1.807) is 0 Å². The summed E-state index contributed by atoms with van der Waals surface area (Å²) in [5, 5.41) is 10.6. The number of unbranched alkanes of at least 4 members (excludes halogenated alkanes) is 28. The predicted molar refractivity (Wildman–Crippen MR) is 390 cm³/mol. The highest BCUT2D eigenvalue weighted by Crippen LogP contribution is 2.45. The van der Waals surface area contributed by atoms with Crippen molar-refractivity contribution in [2.75, 3.05) is 39.6 Å². The summed E-state index contributed by atoms with van der Waals surface area (Å²) < 4.78 is 68.3. The number of rotatable bonds is 70. The molecule has 0 fully saturated rings. The van der Waals surface area contributed by atoms with Crippen molar-refractivity contribution in [3.63, 3.8) is 0 Å². The third kappa shape index (κ3) is 68.5. The molecule has 3 N–H and O–H groups in total. The molecule has 0 bridgehead atoms.